The number of pyridine rings is 10. The Bertz CT molecular complexity index is 7650. The molecule has 0 saturated heterocycles. The number of carboxylic acid groups (broad SMARTS) is 6. The Morgan fingerprint density at radius 1 is 0.394 bits per heavy atom. The van der Waals surface area contributed by atoms with Gasteiger partial charge < -0.3 is 61.9 Å². The number of anilines is 3. The average molecular weight is 1850 g/mol. The van der Waals surface area contributed by atoms with Gasteiger partial charge in [0.15, 0.2) is 58.2 Å². The summed E-state index contributed by atoms with van der Waals surface area (Å²) < 4.78 is 157. The molecule has 2 saturated carbocycles. The number of hydrogen-bond donors (Lipinski definition) is 9. The Balaban J connectivity index is 0.000000135. The van der Waals surface area contributed by atoms with Gasteiger partial charge in [0.05, 0.1) is 79.0 Å². The second-order valence-electron chi connectivity index (χ2n) is 31.4. The summed E-state index contributed by atoms with van der Waals surface area (Å²) in [6.45, 7) is 16.5. The van der Waals surface area contributed by atoms with E-state index in [9.17, 15) is 112 Å². The summed E-state index contributed by atoms with van der Waals surface area (Å²) >= 11 is 6.11. The van der Waals surface area contributed by atoms with E-state index in [0.29, 0.717) is 74.5 Å². The highest BCUT2D eigenvalue weighted by molar-refractivity contribution is 6.36. The van der Waals surface area contributed by atoms with E-state index in [1.54, 1.807) is 25.3 Å². The van der Waals surface area contributed by atoms with Crippen molar-refractivity contribution in [2.75, 3.05) is 30.4 Å². The van der Waals surface area contributed by atoms with Crippen LogP contribution in [0.15, 0.2) is 108 Å². The molecule has 13 heterocycles. The number of rotatable bonds is 10. The Kier molecular flexibility index (Phi) is 25.1. The quantitative estimate of drug-likeness (QED) is 0.0453. The van der Waals surface area contributed by atoms with E-state index in [1.807, 2.05) is 13.8 Å². The van der Waals surface area contributed by atoms with Crippen molar-refractivity contribution in [3.63, 3.8) is 0 Å². The van der Waals surface area contributed by atoms with Crippen molar-refractivity contribution in [1.82, 2.24) is 41.9 Å². The normalized spacial score (nSPS) is 14.0. The summed E-state index contributed by atoms with van der Waals surface area (Å²) in [7, 11) is 0. The van der Waals surface area contributed by atoms with E-state index in [2.05, 4.69) is 15.0 Å². The molecule has 11 aromatic heterocycles. The van der Waals surface area contributed by atoms with Crippen LogP contribution in [0.1, 0.15) is 187 Å². The van der Waals surface area contributed by atoms with Gasteiger partial charge >= 0.3 is 35.8 Å². The zero-order valence-electron chi connectivity index (χ0n) is 70.4. The molecule has 2 aliphatic carbocycles. The molecule has 684 valence electrons. The first-order chi connectivity index (χ1) is 61.9. The third kappa shape index (κ3) is 16.7. The van der Waals surface area contributed by atoms with Gasteiger partial charge in [-0.15, -0.1) is 0 Å². The Morgan fingerprint density at radius 3 is 1.30 bits per heavy atom. The van der Waals surface area contributed by atoms with Gasteiger partial charge in [-0.25, -0.2) is 87.6 Å². The lowest BCUT2D eigenvalue weighted by Crippen LogP contribution is -2.27. The molecule has 18 rings (SSSR count). The summed E-state index contributed by atoms with van der Waals surface area (Å²) in [6, 6.07) is 6.64. The third-order valence-corrected chi connectivity index (χ3v) is 23.3. The number of halogens is 11. The first-order valence-corrected chi connectivity index (χ1v) is 39.7. The molecule has 132 heavy (non-hydrogen) atoms. The smallest absolute Gasteiger partial charge is 0.341 e. The van der Waals surface area contributed by atoms with Crippen LogP contribution in [0.3, 0.4) is 0 Å². The molecule has 32 nitrogen and oxygen atoms in total. The fourth-order valence-electron chi connectivity index (χ4n) is 15.1. The molecular formula is C89H71ClF10N12O20. The van der Waals surface area contributed by atoms with Crippen LogP contribution >= 0.6 is 11.6 Å². The minimum absolute atomic E-state index is 0.0501. The molecule has 4 aliphatic rings. The van der Waals surface area contributed by atoms with Crippen LogP contribution in [0.4, 0.5) is 61.2 Å². The van der Waals surface area contributed by atoms with Gasteiger partial charge in [-0.1, -0.05) is 18.5 Å². The molecule has 2 atom stereocenters. The van der Waals surface area contributed by atoms with E-state index >= 15 is 0 Å². The van der Waals surface area contributed by atoms with E-state index in [-0.39, 0.29) is 113 Å². The number of aromatic carboxylic acids is 6. The summed E-state index contributed by atoms with van der Waals surface area (Å²) in [5.74, 6) is -18.4. The highest BCUT2D eigenvalue weighted by Crippen LogP contribution is 2.45. The van der Waals surface area contributed by atoms with Crippen molar-refractivity contribution >= 4 is 114 Å². The second-order valence-corrected chi connectivity index (χ2v) is 31.7. The number of fused-ring (bicyclic) bond motifs is 4. The minimum atomic E-state index is -1.63. The van der Waals surface area contributed by atoms with Crippen molar-refractivity contribution in [2.45, 2.75) is 119 Å². The summed E-state index contributed by atoms with van der Waals surface area (Å²) in [5.41, 5.74) is 14.5. The van der Waals surface area contributed by atoms with E-state index < -0.39 is 172 Å². The molecular weight excluding hydrogens is 1780 g/mol. The molecule has 0 radical (unpaired) electrons. The predicted octanol–water partition coefficient (Wildman–Crippen LogP) is 13.7. The highest BCUT2D eigenvalue weighted by atomic mass is 35.5. The summed E-state index contributed by atoms with van der Waals surface area (Å²) in [4.78, 5) is 152. The van der Waals surface area contributed by atoms with Crippen LogP contribution in [-0.2, 0) is 0 Å². The number of aromatic nitrogens is 9. The lowest BCUT2D eigenvalue weighted by molar-refractivity contribution is 0.0683. The predicted molar refractivity (Wildman–Crippen MR) is 457 cm³/mol. The highest BCUT2D eigenvalue weighted by Gasteiger charge is 2.35. The van der Waals surface area contributed by atoms with Crippen LogP contribution in [0.5, 0.6) is 11.5 Å². The zero-order valence-corrected chi connectivity index (χ0v) is 71.1. The topological polar surface area (TPSA) is 489 Å². The SMILES string of the molecule is Cc1c(F)c(N)c2c(=O)c(C(=O)O)cn3c2c1OC[C@@H]3C.Cc1c(F)cc2c(=O)c(C(=O)O)cn(-c3nc(N)c(F)cc3F)c2c1C.Cc1c(F)cc2c(=O)c(C(=O)O)cn(-c3nc(N)c(F)cc3F)c2c1Cl.Cc1c(F)cn2c(=O)c(C(=O)O)cc(C3CC3)c2c1C.Cc1c(F)cn2c(=O)c(C(=O)O)cc3c2c1OC[C@@H]3C.Cc1nc2c(C3CC3)cc(C(=O)O)c(=O)n2cc1F. The Labute approximate surface area is 737 Å². The second kappa shape index (κ2) is 35.3. The molecule has 3 aromatic carbocycles. The summed E-state index contributed by atoms with van der Waals surface area (Å²) in [5, 5.41) is 53.9. The fourth-order valence-corrected chi connectivity index (χ4v) is 15.4. The number of ether oxygens (including phenoxy) is 2. The lowest BCUT2D eigenvalue weighted by atomic mass is 9.96. The maximum absolute atomic E-state index is 14.3. The number of carboxylic acids is 6. The molecule has 0 bridgehead atoms. The van der Waals surface area contributed by atoms with Gasteiger partial charge in [0, 0.05) is 65.7 Å². The largest absolute Gasteiger partial charge is 0.490 e. The van der Waals surface area contributed by atoms with Gasteiger partial charge in [-0.2, -0.15) is 0 Å². The maximum atomic E-state index is 14.3. The van der Waals surface area contributed by atoms with E-state index in [1.165, 1.54) is 59.0 Å². The van der Waals surface area contributed by atoms with E-state index in [4.69, 9.17) is 58.7 Å². The summed E-state index contributed by atoms with van der Waals surface area (Å²) in [6.07, 6.45) is 9.85. The third-order valence-electron chi connectivity index (χ3n) is 22.8. The van der Waals surface area contributed by atoms with Gasteiger partial charge in [0.1, 0.15) is 80.4 Å². The first-order valence-electron chi connectivity index (χ1n) is 39.3. The van der Waals surface area contributed by atoms with Crippen LogP contribution < -0.4 is 59.6 Å². The number of nitrogen functional groups attached to an aromatic ring is 3. The van der Waals surface area contributed by atoms with Crippen molar-refractivity contribution in [1.29, 1.82) is 0 Å². The number of hydrogen-bond acceptors (Lipinski definition) is 20. The van der Waals surface area contributed by atoms with Crippen molar-refractivity contribution < 1.29 is 113 Å². The number of benzene rings is 3. The first kappa shape index (κ1) is 93.8. The molecule has 14 aromatic rings. The number of nitrogens with two attached hydrogens (primary N) is 3. The van der Waals surface area contributed by atoms with Gasteiger partial charge in [0.25, 0.3) is 16.7 Å². The van der Waals surface area contributed by atoms with E-state index in [0.717, 1.165) is 96.7 Å². The molecule has 2 aliphatic heterocycles. The molecule has 43 heteroatoms. The molecule has 0 unspecified atom stereocenters. The van der Waals surface area contributed by atoms with Crippen LogP contribution in [0.2, 0.25) is 5.02 Å². The Hall–Kier alpha value is -15.8. The number of carbonyl (C=O) groups is 6. The average Bonchev–Trinajstić information content (AvgIpc) is 0.886. The molecule has 0 amide bonds. The van der Waals surface area contributed by atoms with Crippen LogP contribution in [0.25, 0.3) is 61.0 Å². The Morgan fingerprint density at radius 2 is 0.795 bits per heavy atom. The van der Waals surface area contributed by atoms with Crippen molar-refractivity contribution in [2.24, 2.45) is 0 Å². The zero-order chi connectivity index (χ0) is 97.1. The maximum Gasteiger partial charge on any atom is 0.341 e. The molecule has 2 fully saturated rings. The number of nitrogens with zero attached hydrogens (tertiary/aromatic N) is 9. The fraction of sp³-hybridized carbons (Fsp3) is 0.225. The van der Waals surface area contributed by atoms with Gasteiger partial charge in [-0.3, -0.25) is 51.1 Å². The standard InChI is InChI=1S/C17H12F3N3O3.C16H9ClF3N3O3.C15H14FNO3.C14H13FN2O4.C14H12FNO4.C13H11FN2O3/c1-6-7(2)13-8(3-10(6)18)14(24)9(17(25)26)5-23(13)16-12(20)4-11(19)15(21)22-16;1-5-8(18)2-6-12(11(5)17)23(4-7(13(6)24)16(25)26)15-10(20)3-9(19)14(21)22-15;1-7-8(2)13-10(9-3-4-9)5-11(15(19)20)14(18)17(13)6-12(7)16;1-5-4-21-13-6(2)9(15)10(16)8-11(13)17(5)3-7(12(8)18)14(19)20;1-6-5-20-12-7(2)10(15)4-16-11(12)8(6)3-9(13(16)17)14(18)19;1-6-10(14)5-16-11(15-6)8(7-2-3-7)4-9(12(16)17)13(18)19/h3-5H,1-2H3,(H2,21,22)(H,25,26);2-4H,1H3,(H2,21,22)(H,25,26);5-6,9H,3-4H2,1-2H3,(H,19,20);3,5H,4,16H2,1-2H3,(H,19,20);3-4,6H,5H2,1-2H3,(H,18,19);4-5,7H,2-3H2,1H3,(H,18,19)/t;;;5-;6-;/m...00./s1. The number of aryl methyl sites for hydroxylation is 3. The van der Waals surface area contributed by atoms with Crippen LogP contribution in [0, 0.1) is 114 Å². The monoisotopic (exact) mass is 1850 g/mol. The molecule has 0 spiro atoms. The minimum Gasteiger partial charge on any atom is -0.490 e. The van der Waals surface area contributed by atoms with Gasteiger partial charge in [0.2, 0.25) is 16.3 Å². The van der Waals surface area contributed by atoms with Crippen molar-refractivity contribution in [3.8, 4) is 23.1 Å². The van der Waals surface area contributed by atoms with Crippen LogP contribution in [-0.4, -0.2) is 122 Å². The van der Waals surface area contributed by atoms with Crippen molar-refractivity contribution in [3.05, 3.63) is 299 Å². The van der Waals surface area contributed by atoms with Gasteiger partial charge in [-0.05, 0) is 169 Å². The lowest BCUT2D eigenvalue weighted by Gasteiger charge is -2.28. The molecule has 12 N–H and O–H groups in total.